The van der Waals surface area contributed by atoms with E-state index in [1.807, 2.05) is 49.5 Å². The van der Waals surface area contributed by atoms with Crippen LogP contribution in [0.1, 0.15) is 88.8 Å². The van der Waals surface area contributed by atoms with Crippen molar-refractivity contribution in [2.24, 2.45) is 7.05 Å². The number of benzene rings is 4. The molecule has 0 unspecified atom stereocenters. The van der Waals surface area contributed by atoms with Crippen molar-refractivity contribution in [2.45, 2.75) is 70.6 Å². The molecule has 12 heteroatoms. The molecule has 0 atom stereocenters. The lowest BCUT2D eigenvalue weighted by Crippen LogP contribution is -2.34. The number of rotatable bonds is 12. The number of pyridine rings is 1. The van der Waals surface area contributed by atoms with Crippen molar-refractivity contribution >= 4 is 38.6 Å². The Balaban J connectivity index is 0.000000162. The van der Waals surface area contributed by atoms with Crippen LogP contribution in [0.5, 0.6) is 11.5 Å². The number of ether oxygens (including phenoxy) is 2. The molecule has 0 saturated carbocycles. The maximum atomic E-state index is 12.4. The summed E-state index contributed by atoms with van der Waals surface area (Å²) in [6.45, 7) is 12.6. The summed E-state index contributed by atoms with van der Waals surface area (Å²) < 4.78 is 24.6. The van der Waals surface area contributed by atoms with E-state index in [0.717, 1.165) is 152 Å². The van der Waals surface area contributed by atoms with E-state index in [1.54, 1.807) is 22.7 Å². The first kappa shape index (κ1) is 43.3. The van der Waals surface area contributed by atoms with E-state index in [1.165, 1.54) is 11.1 Å². The van der Waals surface area contributed by atoms with Crippen LogP contribution in [0.15, 0.2) is 98.9 Å². The number of piperidine rings is 2. The fourth-order valence-corrected chi connectivity index (χ4v) is 9.60. The molecule has 12 nitrogen and oxygen atoms in total. The van der Waals surface area contributed by atoms with Crippen molar-refractivity contribution in [3.63, 3.8) is 0 Å². The second-order valence-electron chi connectivity index (χ2n) is 18.0. The molecule has 64 heavy (non-hydrogen) atoms. The van der Waals surface area contributed by atoms with Gasteiger partial charge in [0.1, 0.15) is 11.5 Å². The minimum atomic E-state index is 0.00541. The third kappa shape index (κ3) is 9.73. The largest absolute Gasteiger partial charge is 0.494 e. The zero-order valence-corrected chi connectivity index (χ0v) is 37.7. The van der Waals surface area contributed by atoms with Crippen molar-refractivity contribution in [3.8, 4) is 11.5 Å². The van der Waals surface area contributed by atoms with E-state index in [4.69, 9.17) is 18.5 Å². The number of likely N-dealkylation sites (tertiary alicyclic amines) is 2. The molecule has 0 spiro atoms. The van der Waals surface area contributed by atoms with E-state index < -0.39 is 0 Å². The molecular weight excluding hydrogens is 805 g/mol. The molecule has 2 saturated heterocycles. The molecule has 3 aliphatic heterocycles. The molecule has 334 valence electrons. The van der Waals surface area contributed by atoms with E-state index >= 15 is 0 Å². The summed E-state index contributed by atoms with van der Waals surface area (Å²) in [7, 11) is 3.62. The van der Waals surface area contributed by atoms with Crippen molar-refractivity contribution in [3.05, 3.63) is 129 Å². The summed E-state index contributed by atoms with van der Waals surface area (Å²) in [4.78, 5) is 31.5. The molecule has 6 heterocycles. The molecular formula is C52H60N6O6. The quantitative estimate of drug-likeness (QED) is 0.110. The van der Waals surface area contributed by atoms with Gasteiger partial charge < -0.3 is 37.8 Å². The van der Waals surface area contributed by atoms with Crippen LogP contribution in [0.2, 0.25) is 0 Å². The number of amides is 1. The van der Waals surface area contributed by atoms with Crippen LogP contribution in [-0.2, 0) is 13.5 Å². The third-order valence-corrected chi connectivity index (χ3v) is 13.5. The van der Waals surface area contributed by atoms with Gasteiger partial charge in [-0.05, 0) is 162 Å². The van der Waals surface area contributed by atoms with Gasteiger partial charge in [-0.2, -0.15) is 0 Å². The highest BCUT2D eigenvalue weighted by Crippen LogP contribution is 2.34. The molecule has 2 fully saturated rings. The van der Waals surface area contributed by atoms with Crippen LogP contribution in [0.25, 0.3) is 32.7 Å². The SMILES string of the molecule is Cc1ccc2c(C3CCN(CCCOc4ccc5c(c4)C(=O)N(C)CC5)CC3)noc2c1.Cc1ccc2c(C3CCN(CCCOc4ccc5ccn(C)c(=O)c5c4)CC3)noc2c1. The fourth-order valence-electron chi connectivity index (χ4n) is 9.60. The molecule has 0 N–H and O–H groups in total. The number of hydrogen-bond donors (Lipinski definition) is 0. The Morgan fingerprint density at radius 1 is 0.625 bits per heavy atom. The Labute approximate surface area is 374 Å². The second kappa shape index (κ2) is 19.4. The number of carbonyl (C=O) groups is 1. The summed E-state index contributed by atoms with van der Waals surface area (Å²) >= 11 is 0. The van der Waals surface area contributed by atoms with Crippen molar-refractivity contribution in [1.82, 2.24) is 29.6 Å². The Kier molecular flexibility index (Phi) is 13.1. The zero-order chi connectivity index (χ0) is 44.2. The predicted octanol–water partition coefficient (Wildman–Crippen LogP) is 9.05. The van der Waals surface area contributed by atoms with Crippen LogP contribution in [-0.4, -0.2) is 102 Å². The molecule has 3 aromatic heterocycles. The van der Waals surface area contributed by atoms with E-state index in [-0.39, 0.29) is 11.5 Å². The van der Waals surface area contributed by atoms with Gasteiger partial charge in [0.2, 0.25) is 0 Å². The molecule has 1 amide bonds. The highest BCUT2D eigenvalue weighted by atomic mass is 16.5. The van der Waals surface area contributed by atoms with Crippen LogP contribution >= 0.6 is 0 Å². The minimum absolute atomic E-state index is 0.00541. The predicted molar refractivity (Wildman–Crippen MR) is 251 cm³/mol. The lowest BCUT2D eigenvalue weighted by molar-refractivity contribution is 0.0780. The average molecular weight is 865 g/mol. The second-order valence-corrected chi connectivity index (χ2v) is 18.0. The van der Waals surface area contributed by atoms with Gasteiger partial charge in [-0.25, -0.2) is 0 Å². The number of likely N-dealkylation sites (N-methyl/N-ethyl adjacent to an activating group) is 1. The molecule has 10 rings (SSSR count). The highest BCUT2D eigenvalue weighted by molar-refractivity contribution is 5.97. The monoisotopic (exact) mass is 864 g/mol. The number of hydrogen-bond acceptors (Lipinski definition) is 10. The van der Waals surface area contributed by atoms with Gasteiger partial charge in [-0.1, -0.05) is 34.6 Å². The standard InChI is InChI=1S/C26H31N3O3.C26H29N3O3/c2*1-18-4-7-22-24(16-18)32-27-25(22)20-9-13-29(14-10-20)11-3-15-31-21-6-5-19-8-12-28(2)26(30)23(19)17-21/h4-7,16-17,20H,3,8-15H2,1-2H3;4-8,12,16-17,20H,3,9-11,13-15H2,1-2H3. The number of carbonyl (C=O) groups excluding carboxylic acids is 1. The first-order valence-electron chi connectivity index (χ1n) is 23.1. The lowest BCUT2D eigenvalue weighted by Gasteiger charge is -2.31. The summed E-state index contributed by atoms with van der Waals surface area (Å²) in [6.07, 6.45) is 9.06. The average Bonchev–Trinajstić information content (AvgIpc) is 3.94. The smallest absolute Gasteiger partial charge is 0.258 e. The lowest BCUT2D eigenvalue weighted by atomic mass is 9.91. The number of nitrogens with zero attached hydrogens (tertiary/aromatic N) is 6. The molecule has 0 radical (unpaired) electrons. The van der Waals surface area contributed by atoms with E-state index in [2.05, 4.69) is 70.4 Å². The summed E-state index contributed by atoms with van der Waals surface area (Å²) in [5.41, 5.74) is 8.34. The zero-order valence-electron chi connectivity index (χ0n) is 37.7. The Hall–Kier alpha value is -5.98. The van der Waals surface area contributed by atoms with Crippen molar-refractivity contribution < 1.29 is 23.3 Å². The molecule has 3 aliphatic rings. The molecule has 7 aromatic rings. The molecule has 4 aromatic carbocycles. The maximum Gasteiger partial charge on any atom is 0.258 e. The van der Waals surface area contributed by atoms with Gasteiger partial charge in [0.25, 0.3) is 11.5 Å². The molecule has 0 aliphatic carbocycles. The van der Waals surface area contributed by atoms with Gasteiger partial charge in [-0.15, -0.1) is 0 Å². The van der Waals surface area contributed by atoms with Crippen LogP contribution in [0.3, 0.4) is 0 Å². The first-order valence-corrected chi connectivity index (χ1v) is 23.1. The van der Waals surface area contributed by atoms with Gasteiger partial charge in [0, 0.05) is 68.1 Å². The third-order valence-electron chi connectivity index (χ3n) is 13.5. The fraction of sp³-hybridized carbons (Fsp3) is 0.423. The highest BCUT2D eigenvalue weighted by Gasteiger charge is 2.27. The topological polar surface area (TPSA) is 119 Å². The van der Waals surface area contributed by atoms with E-state index in [0.29, 0.717) is 30.4 Å². The summed E-state index contributed by atoms with van der Waals surface area (Å²) in [6, 6.07) is 26.3. The normalized spacial score (nSPS) is 16.6. The Morgan fingerprint density at radius 2 is 1.17 bits per heavy atom. The van der Waals surface area contributed by atoms with Crippen LogP contribution in [0.4, 0.5) is 0 Å². The maximum absolute atomic E-state index is 12.4. The van der Waals surface area contributed by atoms with Gasteiger partial charge >= 0.3 is 0 Å². The summed E-state index contributed by atoms with van der Waals surface area (Å²) in [5, 5.41) is 12.8. The minimum Gasteiger partial charge on any atom is -0.494 e. The van der Waals surface area contributed by atoms with Crippen molar-refractivity contribution in [1.29, 1.82) is 0 Å². The number of aromatic nitrogens is 3. The Morgan fingerprint density at radius 3 is 1.75 bits per heavy atom. The number of aryl methyl sites for hydroxylation is 3. The van der Waals surface area contributed by atoms with Gasteiger partial charge in [0.05, 0.1) is 30.0 Å². The Bertz CT molecular complexity index is 2790. The van der Waals surface area contributed by atoms with Crippen LogP contribution in [0, 0.1) is 13.8 Å². The van der Waals surface area contributed by atoms with Crippen LogP contribution < -0.4 is 15.0 Å². The summed E-state index contributed by atoms with van der Waals surface area (Å²) in [5.74, 6) is 2.57. The number of fused-ring (bicyclic) bond motifs is 4. The van der Waals surface area contributed by atoms with Crippen molar-refractivity contribution in [2.75, 3.05) is 66.1 Å². The van der Waals surface area contributed by atoms with Gasteiger partial charge in [0.15, 0.2) is 11.2 Å². The van der Waals surface area contributed by atoms with E-state index in [9.17, 15) is 9.59 Å². The molecule has 0 bridgehead atoms. The first-order chi connectivity index (χ1) is 31.2. The van der Waals surface area contributed by atoms with Gasteiger partial charge in [-0.3, -0.25) is 9.59 Å².